The van der Waals surface area contributed by atoms with E-state index in [9.17, 15) is 13.2 Å². The van der Waals surface area contributed by atoms with Gasteiger partial charge in [0, 0.05) is 0 Å². The van der Waals surface area contributed by atoms with Crippen molar-refractivity contribution < 1.29 is 17.9 Å². The second-order valence-corrected chi connectivity index (χ2v) is 7.72. The van der Waals surface area contributed by atoms with Gasteiger partial charge in [0.25, 0.3) is 10.0 Å². The molecule has 0 radical (unpaired) electrons. The van der Waals surface area contributed by atoms with E-state index in [2.05, 4.69) is 9.46 Å². The molecule has 2 atom stereocenters. The number of carbonyl (C=O) groups is 1. The molecule has 0 saturated heterocycles. The lowest BCUT2D eigenvalue weighted by Gasteiger charge is -2.21. The van der Waals surface area contributed by atoms with Gasteiger partial charge in [-0.05, 0) is 18.1 Å². The molecule has 0 amide bonds. The normalized spacial score (nSPS) is 14.9. The number of hydrogen-bond acceptors (Lipinski definition) is 5. The number of carbonyl (C=O) groups excluding carboxylic acids is 1. The molecule has 0 aliphatic rings. The van der Waals surface area contributed by atoms with Gasteiger partial charge in [0.2, 0.25) is 0 Å². The Morgan fingerprint density at radius 1 is 1.53 bits per heavy atom. The van der Waals surface area contributed by atoms with Gasteiger partial charge in [0.1, 0.15) is 10.3 Å². The summed E-state index contributed by atoms with van der Waals surface area (Å²) in [5, 5.41) is 0. The molecule has 0 fully saturated rings. The summed E-state index contributed by atoms with van der Waals surface area (Å²) >= 11 is 6.66. The molecule has 1 heterocycles. The third-order valence-corrected chi connectivity index (χ3v) is 5.93. The topological polar surface area (TPSA) is 72.5 Å². The summed E-state index contributed by atoms with van der Waals surface area (Å²) in [6.07, 6.45) is 0.646. The molecule has 0 aliphatic heterocycles. The molecule has 0 aromatic carbocycles. The Morgan fingerprint density at radius 2 is 2.16 bits per heavy atom. The average Bonchev–Trinajstić information content (AvgIpc) is 2.81. The molecule has 0 spiro atoms. The maximum atomic E-state index is 12.1. The van der Waals surface area contributed by atoms with Crippen LogP contribution in [-0.2, 0) is 19.6 Å². The lowest BCUT2D eigenvalue weighted by atomic mass is 10.0. The van der Waals surface area contributed by atoms with Crippen molar-refractivity contribution in [3.63, 3.8) is 0 Å². The highest BCUT2D eigenvalue weighted by Gasteiger charge is 2.31. The Morgan fingerprint density at radius 3 is 2.58 bits per heavy atom. The molecular weight excluding hydrogens is 310 g/mol. The zero-order valence-corrected chi connectivity index (χ0v) is 13.2. The smallest absolute Gasteiger partial charge is 0.324 e. The van der Waals surface area contributed by atoms with Crippen LogP contribution >= 0.6 is 22.9 Å². The fourth-order valence-corrected chi connectivity index (χ4v) is 4.22. The number of ether oxygens (including phenoxy) is 1. The average molecular weight is 326 g/mol. The summed E-state index contributed by atoms with van der Waals surface area (Å²) in [5.41, 5.74) is 0. The Hall–Kier alpha value is -0.630. The molecule has 0 aliphatic carbocycles. The number of nitrogens with one attached hydrogen (secondary N) is 1. The van der Waals surface area contributed by atoms with Crippen molar-refractivity contribution in [1.82, 2.24) is 4.72 Å². The zero-order chi connectivity index (χ0) is 14.6. The predicted molar refractivity (Wildman–Crippen MR) is 74.9 cm³/mol. The van der Waals surface area contributed by atoms with Crippen LogP contribution in [0, 0.1) is 5.92 Å². The molecule has 2 unspecified atom stereocenters. The molecule has 0 saturated carbocycles. The first-order valence-corrected chi connectivity index (χ1v) is 8.35. The molecule has 5 nitrogen and oxygen atoms in total. The molecule has 1 rings (SSSR count). The SMILES string of the molecule is CCC(C)C(NS(=O)(=O)c1ccc(Cl)s1)C(=O)OC. The summed E-state index contributed by atoms with van der Waals surface area (Å²) in [4.78, 5) is 11.7. The number of hydrogen-bond donors (Lipinski definition) is 1. The Balaban J connectivity index is 2.98. The first kappa shape index (κ1) is 16.4. The highest BCUT2D eigenvalue weighted by atomic mass is 35.5. The number of esters is 1. The number of halogens is 1. The summed E-state index contributed by atoms with van der Waals surface area (Å²) in [5.74, 6) is -0.766. The van der Waals surface area contributed by atoms with Crippen molar-refractivity contribution in [1.29, 1.82) is 0 Å². The largest absolute Gasteiger partial charge is 0.468 e. The summed E-state index contributed by atoms with van der Waals surface area (Å²) < 4.78 is 31.7. The minimum atomic E-state index is -3.77. The molecule has 1 N–H and O–H groups in total. The number of methoxy groups -OCH3 is 1. The third kappa shape index (κ3) is 4.17. The van der Waals surface area contributed by atoms with Crippen molar-refractivity contribution >= 4 is 38.9 Å². The molecule has 1 aromatic heterocycles. The van der Waals surface area contributed by atoms with Crippen LogP contribution in [-0.4, -0.2) is 27.5 Å². The maximum Gasteiger partial charge on any atom is 0.324 e. The Bertz CT molecular complexity index is 541. The fourth-order valence-electron chi connectivity index (χ4n) is 1.43. The number of rotatable bonds is 6. The Kier molecular flexibility index (Phi) is 5.79. The highest BCUT2D eigenvalue weighted by Crippen LogP contribution is 2.26. The molecule has 8 heteroatoms. The van der Waals surface area contributed by atoms with Crippen LogP contribution < -0.4 is 4.72 Å². The molecule has 19 heavy (non-hydrogen) atoms. The van der Waals surface area contributed by atoms with Crippen LogP contribution in [0.25, 0.3) is 0 Å². The predicted octanol–water partition coefficient (Wildman–Crippen LogP) is 2.27. The summed E-state index contributed by atoms with van der Waals surface area (Å²) in [7, 11) is -2.54. The minimum absolute atomic E-state index is 0.0784. The summed E-state index contributed by atoms with van der Waals surface area (Å²) in [6, 6.07) is 2.00. The lowest BCUT2D eigenvalue weighted by Crippen LogP contribution is -2.45. The van der Waals surface area contributed by atoms with Gasteiger partial charge in [-0.1, -0.05) is 31.9 Å². The maximum absolute atomic E-state index is 12.1. The van der Waals surface area contributed by atoms with E-state index in [1.165, 1.54) is 19.2 Å². The van der Waals surface area contributed by atoms with Gasteiger partial charge in [-0.3, -0.25) is 4.79 Å². The van der Waals surface area contributed by atoms with Gasteiger partial charge in [-0.2, -0.15) is 4.72 Å². The lowest BCUT2D eigenvalue weighted by molar-refractivity contribution is -0.143. The first-order valence-electron chi connectivity index (χ1n) is 5.67. The van der Waals surface area contributed by atoms with Crippen molar-refractivity contribution in [2.45, 2.75) is 30.5 Å². The minimum Gasteiger partial charge on any atom is -0.468 e. The van der Waals surface area contributed by atoms with E-state index in [0.29, 0.717) is 10.8 Å². The molecular formula is C11H16ClNO4S2. The van der Waals surface area contributed by atoms with E-state index in [-0.39, 0.29) is 10.1 Å². The van der Waals surface area contributed by atoms with Gasteiger partial charge in [0.15, 0.2) is 0 Å². The van der Waals surface area contributed by atoms with E-state index in [1.807, 2.05) is 6.92 Å². The zero-order valence-electron chi connectivity index (χ0n) is 10.8. The van der Waals surface area contributed by atoms with Crippen molar-refractivity contribution in [2.24, 2.45) is 5.92 Å². The van der Waals surface area contributed by atoms with Crippen LogP contribution in [0.15, 0.2) is 16.3 Å². The fraction of sp³-hybridized carbons (Fsp3) is 0.545. The van der Waals surface area contributed by atoms with Crippen molar-refractivity contribution in [2.75, 3.05) is 7.11 Å². The van der Waals surface area contributed by atoms with Crippen LogP contribution in [0.3, 0.4) is 0 Å². The van der Waals surface area contributed by atoms with E-state index in [1.54, 1.807) is 6.92 Å². The van der Waals surface area contributed by atoms with Crippen LogP contribution in [0.1, 0.15) is 20.3 Å². The van der Waals surface area contributed by atoms with Gasteiger partial charge in [-0.25, -0.2) is 8.42 Å². The molecule has 0 bridgehead atoms. The van der Waals surface area contributed by atoms with E-state index < -0.39 is 22.0 Å². The molecule has 1 aromatic rings. The van der Waals surface area contributed by atoms with E-state index in [4.69, 9.17) is 11.6 Å². The second kappa shape index (κ2) is 6.69. The monoisotopic (exact) mass is 325 g/mol. The van der Waals surface area contributed by atoms with Gasteiger partial charge >= 0.3 is 5.97 Å². The first-order chi connectivity index (χ1) is 8.81. The van der Waals surface area contributed by atoms with Gasteiger partial charge < -0.3 is 4.74 Å². The van der Waals surface area contributed by atoms with Crippen LogP contribution in [0.5, 0.6) is 0 Å². The summed E-state index contributed by atoms with van der Waals surface area (Å²) in [6.45, 7) is 3.66. The quantitative estimate of drug-likeness (QED) is 0.814. The van der Waals surface area contributed by atoms with Crippen molar-refractivity contribution in [3.8, 4) is 0 Å². The number of thiophene rings is 1. The van der Waals surface area contributed by atoms with E-state index >= 15 is 0 Å². The highest BCUT2D eigenvalue weighted by molar-refractivity contribution is 7.91. The number of sulfonamides is 1. The molecule has 108 valence electrons. The standard InChI is InChI=1S/C11H16ClNO4S2/c1-4-7(2)10(11(14)17-3)13-19(15,16)9-6-5-8(12)18-9/h5-7,10,13H,4H2,1-3H3. The van der Waals surface area contributed by atoms with Crippen molar-refractivity contribution in [3.05, 3.63) is 16.5 Å². The Labute approximate surface area is 122 Å². The van der Waals surface area contributed by atoms with Gasteiger partial charge in [-0.15, -0.1) is 11.3 Å². The third-order valence-electron chi connectivity index (χ3n) is 2.76. The van der Waals surface area contributed by atoms with Gasteiger partial charge in [0.05, 0.1) is 11.4 Å². The second-order valence-electron chi connectivity index (χ2n) is 4.07. The van der Waals surface area contributed by atoms with E-state index in [0.717, 1.165) is 11.3 Å². The van der Waals surface area contributed by atoms with Crippen LogP contribution in [0.2, 0.25) is 4.34 Å². The van der Waals surface area contributed by atoms with Crippen LogP contribution in [0.4, 0.5) is 0 Å².